The molecule has 0 bridgehead atoms. The van der Waals surface area contributed by atoms with Crippen molar-refractivity contribution in [3.8, 4) is 0 Å². The summed E-state index contributed by atoms with van der Waals surface area (Å²) in [6.45, 7) is 6.82. The third kappa shape index (κ3) is 39.7. The number of rotatable bonds is 46. The average Bonchev–Trinajstić information content (AvgIpc) is 3.23. The number of hydrogen-bond acceptors (Lipinski definition) is 6. The fourth-order valence-electron chi connectivity index (χ4n) is 7.81. The van der Waals surface area contributed by atoms with Crippen LogP contribution in [0.2, 0.25) is 0 Å². The van der Waals surface area contributed by atoms with Gasteiger partial charge in [0.05, 0.1) is 13.2 Å². The fraction of sp³-hybridized carbons (Fsp3) is 0.918. The van der Waals surface area contributed by atoms with Gasteiger partial charge >= 0.3 is 0 Å². The molecular weight excluding hydrogens is 741 g/mol. The fourth-order valence-corrected chi connectivity index (χ4v) is 7.81. The molecule has 0 saturated heterocycles. The number of amides is 4. The van der Waals surface area contributed by atoms with Crippen molar-refractivity contribution in [1.82, 2.24) is 20.4 Å². The first kappa shape index (κ1) is 56.8. The van der Waals surface area contributed by atoms with E-state index in [0.29, 0.717) is 65.0 Å². The van der Waals surface area contributed by atoms with Gasteiger partial charge in [0, 0.05) is 65.0 Å². The Bertz CT molecular complexity index is 967. The van der Waals surface area contributed by atoms with Crippen LogP contribution in [0.4, 0.5) is 0 Å². The molecular formula is C49H96N4O6. The Morgan fingerprint density at radius 1 is 0.339 bits per heavy atom. The molecule has 0 heterocycles. The monoisotopic (exact) mass is 837 g/mol. The van der Waals surface area contributed by atoms with E-state index in [9.17, 15) is 29.4 Å². The van der Waals surface area contributed by atoms with Gasteiger partial charge in [0.15, 0.2) is 0 Å². The maximum Gasteiger partial charge on any atom is 0.222 e. The molecule has 0 rings (SSSR count). The standard InChI is InChI=1S/C49H96N4O6/c1-3-5-7-9-11-23-26-30-34-46(56)50-39-41-53(43-45-55)49(59)37-33-29-25-21-19-17-15-13-12-14-16-18-20-24-27-31-35-47(57)51-38-40-52(42-44-54)48(58)36-32-28-22-10-8-6-4-2/h54-55H,3-45H2,1-2H3,(H,50,56)(H,51,57). The first-order chi connectivity index (χ1) is 28.9. The Morgan fingerprint density at radius 3 is 0.831 bits per heavy atom. The van der Waals surface area contributed by atoms with Crippen molar-refractivity contribution in [2.24, 2.45) is 0 Å². The summed E-state index contributed by atoms with van der Waals surface area (Å²) in [6, 6.07) is 0. The lowest BCUT2D eigenvalue weighted by Gasteiger charge is -2.22. The van der Waals surface area contributed by atoms with Crippen LogP contribution in [0.3, 0.4) is 0 Å². The molecule has 0 spiro atoms. The van der Waals surface area contributed by atoms with Crippen molar-refractivity contribution < 1.29 is 29.4 Å². The molecule has 0 aromatic carbocycles. The van der Waals surface area contributed by atoms with Crippen molar-refractivity contribution >= 4 is 23.6 Å². The molecule has 4 amide bonds. The SMILES string of the molecule is CCCCCCCCCCC(=O)NCCN(CCO)C(=O)CCCCCCCCCCCCCCCCCCC(=O)NCCN(CCO)C(=O)CCCCCCCCC. The minimum atomic E-state index is -0.0542. The van der Waals surface area contributed by atoms with E-state index in [0.717, 1.165) is 51.4 Å². The summed E-state index contributed by atoms with van der Waals surface area (Å²) in [5.41, 5.74) is 0. The number of aliphatic hydroxyl groups excluding tert-OH is 2. The van der Waals surface area contributed by atoms with Crippen molar-refractivity contribution in [3.63, 3.8) is 0 Å². The molecule has 348 valence electrons. The van der Waals surface area contributed by atoms with Crippen molar-refractivity contribution in [2.45, 2.75) is 239 Å². The van der Waals surface area contributed by atoms with E-state index in [-0.39, 0.29) is 36.8 Å². The Morgan fingerprint density at radius 2 is 0.576 bits per heavy atom. The third-order valence-electron chi connectivity index (χ3n) is 11.6. The van der Waals surface area contributed by atoms with E-state index in [4.69, 9.17) is 0 Å². The summed E-state index contributed by atoms with van der Waals surface area (Å²) in [6.07, 6.45) is 39.2. The third-order valence-corrected chi connectivity index (χ3v) is 11.6. The number of carbonyl (C=O) groups excluding carboxylic acids is 4. The molecule has 4 N–H and O–H groups in total. The maximum absolute atomic E-state index is 12.7. The van der Waals surface area contributed by atoms with Crippen LogP contribution in [-0.4, -0.2) is 96.1 Å². The van der Waals surface area contributed by atoms with Crippen molar-refractivity contribution in [3.05, 3.63) is 0 Å². The van der Waals surface area contributed by atoms with Gasteiger partial charge in [-0.2, -0.15) is 0 Å². The topological polar surface area (TPSA) is 139 Å². The molecule has 0 aromatic rings. The highest BCUT2D eigenvalue weighted by molar-refractivity contribution is 5.78. The summed E-state index contributed by atoms with van der Waals surface area (Å²) in [4.78, 5) is 53.2. The molecule has 59 heavy (non-hydrogen) atoms. The minimum absolute atomic E-state index is 0.0515. The zero-order valence-electron chi connectivity index (χ0n) is 38.8. The number of aliphatic hydroxyl groups is 2. The Labute approximate surface area is 363 Å². The normalized spacial score (nSPS) is 11.2. The summed E-state index contributed by atoms with van der Waals surface area (Å²) < 4.78 is 0. The van der Waals surface area contributed by atoms with Crippen LogP contribution in [0, 0.1) is 0 Å². The Hall–Kier alpha value is -2.20. The molecule has 0 fully saturated rings. The van der Waals surface area contributed by atoms with Gasteiger partial charge in [0.1, 0.15) is 0 Å². The number of hydrogen-bond donors (Lipinski definition) is 4. The summed E-state index contributed by atoms with van der Waals surface area (Å²) >= 11 is 0. The predicted octanol–water partition coefficient (Wildman–Crippen LogP) is 10.6. The largest absolute Gasteiger partial charge is 0.395 e. The Kier molecular flexibility index (Phi) is 43.6. The number of nitrogens with one attached hydrogen (secondary N) is 2. The lowest BCUT2D eigenvalue weighted by molar-refractivity contribution is -0.132. The van der Waals surface area contributed by atoms with Gasteiger partial charge in [0.25, 0.3) is 0 Å². The molecule has 0 aromatic heterocycles. The van der Waals surface area contributed by atoms with E-state index in [1.165, 1.54) is 148 Å². The molecule has 0 unspecified atom stereocenters. The van der Waals surface area contributed by atoms with E-state index >= 15 is 0 Å². The zero-order chi connectivity index (χ0) is 43.3. The van der Waals surface area contributed by atoms with Crippen LogP contribution in [0.1, 0.15) is 239 Å². The Balaban J connectivity index is 3.66. The van der Waals surface area contributed by atoms with Gasteiger partial charge in [0.2, 0.25) is 23.6 Å². The predicted molar refractivity (Wildman–Crippen MR) is 246 cm³/mol. The second-order valence-corrected chi connectivity index (χ2v) is 17.2. The molecule has 0 radical (unpaired) electrons. The van der Waals surface area contributed by atoms with E-state index < -0.39 is 0 Å². The highest BCUT2D eigenvalue weighted by atomic mass is 16.3. The zero-order valence-corrected chi connectivity index (χ0v) is 38.8. The molecule has 10 heteroatoms. The second kappa shape index (κ2) is 45.3. The summed E-state index contributed by atoms with van der Waals surface area (Å²) in [5, 5.41) is 24.7. The summed E-state index contributed by atoms with van der Waals surface area (Å²) in [5.74, 6) is 0.277. The number of unbranched alkanes of at least 4 members (excludes halogenated alkanes) is 28. The molecule has 0 atom stereocenters. The molecule has 0 aliphatic carbocycles. The first-order valence-corrected chi connectivity index (χ1v) is 25.2. The quantitative estimate of drug-likeness (QED) is 0.0450. The van der Waals surface area contributed by atoms with E-state index in [2.05, 4.69) is 24.5 Å². The van der Waals surface area contributed by atoms with Gasteiger partial charge in [-0.25, -0.2) is 0 Å². The van der Waals surface area contributed by atoms with E-state index in [1.54, 1.807) is 9.80 Å². The highest BCUT2D eigenvalue weighted by Crippen LogP contribution is 2.15. The van der Waals surface area contributed by atoms with Crippen molar-refractivity contribution in [1.29, 1.82) is 0 Å². The van der Waals surface area contributed by atoms with Gasteiger partial charge in [-0.3, -0.25) is 19.2 Å². The minimum Gasteiger partial charge on any atom is -0.395 e. The van der Waals surface area contributed by atoms with Gasteiger partial charge in [-0.15, -0.1) is 0 Å². The lowest BCUT2D eigenvalue weighted by Crippen LogP contribution is -2.40. The molecule has 0 saturated carbocycles. The van der Waals surface area contributed by atoms with Crippen LogP contribution < -0.4 is 10.6 Å². The first-order valence-electron chi connectivity index (χ1n) is 25.2. The van der Waals surface area contributed by atoms with Crippen LogP contribution in [-0.2, 0) is 19.2 Å². The van der Waals surface area contributed by atoms with Crippen LogP contribution >= 0.6 is 0 Å². The van der Waals surface area contributed by atoms with Crippen LogP contribution in [0.25, 0.3) is 0 Å². The summed E-state index contributed by atoms with van der Waals surface area (Å²) in [7, 11) is 0. The van der Waals surface area contributed by atoms with Gasteiger partial charge in [-0.05, 0) is 25.7 Å². The second-order valence-electron chi connectivity index (χ2n) is 17.2. The lowest BCUT2D eigenvalue weighted by atomic mass is 10.0. The number of nitrogens with zero attached hydrogens (tertiary/aromatic N) is 2. The van der Waals surface area contributed by atoms with Crippen LogP contribution in [0.5, 0.6) is 0 Å². The molecule has 10 nitrogen and oxygen atoms in total. The molecule has 0 aliphatic rings. The van der Waals surface area contributed by atoms with E-state index in [1.807, 2.05) is 0 Å². The van der Waals surface area contributed by atoms with Gasteiger partial charge in [-0.1, -0.05) is 187 Å². The van der Waals surface area contributed by atoms with Gasteiger partial charge < -0.3 is 30.6 Å². The van der Waals surface area contributed by atoms with Crippen molar-refractivity contribution in [2.75, 3.05) is 52.5 Å². The number of carbonyl (C=O) groups is 4. The molecule has 0 aliphatic heterocycles. The maximum atomic E-state index is 12.7. The smallest absolute Gasteiger partial charge is 0.222 e. The van der Waals surface area contributed by atoms with Crippen LogP contribution in [0.15, 0.2) is 0 Å². The highest BCUT2D eigenvalue weighted by Gasteiger charge is 2.14. The average molecular weight is 837 g/mol.